The molecular weight excluding hydrogens is 691 g/mol. The molecule has 7 rings (SSSR count). The molecule has 3 saturated heterocycles. The number of pyridine rings is 1. The van der Waals surface area contributed by atoms with Crippen LogP contribution in [0.1, 0.15) is 46.0 Å². The Balaban J connectivity index is 1.24. The largest absolute Gasteiger partial charge is 0.493 e. The molecule has 1 aromatic heterocycles. The van der Waals surface area contributed by atoms with Crippen LogP contribution < -0.4 is 19.4 Å². The summed E-state index contributed by atoms with van der Waals surface area (Å²) in [5.74, 6) is -1.16. The van der Waals surface area contributed by atoms with Crippen LogP contribution in [0, 0.1) is 17.6 Å². The van der Waals surface area contributed by atoms with Crippen molar-refractivity contribution in [3.8, 4) is 11.5 Å². The lowest BCUT2D eigenvalue weighted by Gasteiger charge is -2.44. The third kappa shape index (κ3) is 7.80. The first-order valence-corrected chi connectivity index (χ1v) is 16.9. The maximum Gasteiger partial charge on any atom is 0.415 e. The van der Waals surface area contributed by atoms with E-state index in [2.05, 4.69) is 9.88 Å². The standard InChI is InChI=1S/C37H35Cl2F2N3O6/c1-47-32-10-9-23(16-34(32)48-2)33(17-26-27(38)18-42-19-28(26)39)49-36(45)24-7-8-25(30(41)15-24)20-44(31-6-4-3-5-29(31)40)37(46)50-35-21-43-13-11-22(35)12-14-43/h3-10,15-16,18-19,22,33,35H,11-14,17,20-21H2,1-2H3/p+1/t33-,35-/m0/s1. The number of amides is 1. The zero-order chi connectivity index (χ0) is 35.4. The minimum absolute atomic E-state index is 0.0461. The number of para-hydroxylation sites is 1. The summed E-state index contributed by atoms with van der Waals surface area (Å²) in [6.45, 7) is 2.19. The first kappa shape index (κ1) is 35.4. The third-order valence-corrected chi connectivity index (χ3v) is 9.92. The fourth-order valence-corrected chi connectivity index (χ4v) is 7.00. The summed E-state index contributed by atoms with van der Waals surface area (Å²) in [4.78, 5) is 33.3. The first-order valence-electron chi connectivity index (χ1n) is 16.2. The summed E-state index contributed by atoms with van der Waals surface area (Å²) in [6, 6.07) is 14.6. The summed E-state index contributed by atoms with van der Waals surface area (Å²) in [5.41, 5.74) is 0.999. The van der Waals surface area contributed by atoms with Gasteiger partial charge in [0, 0.05) is 24.1 Å². The summed E-state index contributed by atoms with van der Waals surface area (Å²) in [6.07, 6.45) is 3.02. The van der Waals surface area contributed by atoms with E-state index in [0.29, 0.717) is 39.2 Å². The van der Waals surface area contributed by atoms with E-state index in [0.717, 1.165) is 36.9 Å². The van der Waals surface area contributed by atoms with Crippen molar-refractivity contribution >= 4 is 41.0 Å². The number of carbonyl (C=O) groups is 2. The van der Waals surface area contributed by atoms with Crippen LogP contribution in [0.4, 0.5) is 19.3 Å². The maximum absolute atomic E-state index is 15.8. The van der Waals surface area contributed by atoms with Gasteiger partial charge < -0.3 is 18.9 Å². The number of ether oxygens (including phenoxy) is 4. The van der Waals surface area contributed by atoms with Crippen molar-refractivity contribution in [1.29, 1.82) is 0 Å². The average Bonchev–Trinajstić information content (AvgIpc) is 3.12. The van der Waals surface area contributed by atoms with E-state index in [4.69, 9.17) is 42.1 Å². The van der Waals surface area contributed by atoms with Gasteiger partial charge in [-0.15, -0.1) is 0 Å². The molecule has 3 fully saturated rings. The van der Waals surface area contributed by atoms with Gasteiger partial charge in [0.25, 0.3) is 0 Å². The quantitative estimate of drug-likeness (QED) is 0.148. The molecule has 13 heteroatoms. The Morgan fingerprint density at radius 1 is 0.940 bits per heavy atom. The molecule has 1 N–H and O–H groups in total. The number of carbonyl (C=O) groups excluding carboxylic acids is 2. The lowest BCUT2D eigenvalue weighted by molar-refractivity contribution is -0.377. The van der Waals surface area contributed by atoms with Gasteiger partial charge in [-0.3, -0.25) is 9.80 Å². The van der Waals surface area contributed by atoms with Crippen LogP contribution in [0.25, 0.3) is 0 Å². The normalized spacial score (nSPS) is 18.6. The van der Waals surface area contributed by atoms with E-state index in [1.807, 2.05) is 0 Å². The highest BCUT2D eigenvalue weighted by Crippen LogP contribution is 2.36. The lowest BCUT2D eigenvalue weighted by Crippen LogP contribution is -2.53. The smallest absolute Gasteiger partial charge is 0.415 e. The van der Waals surface area contributed by atoms with Gasteiger partial charge in [0.2, 0.25) is 0 Å². The number of aromatic amines is 1. The molecule has 3 aliphatic rings. The number of anilines is 1. The van der Waals surface area contributed by atoms with Crippen molar-refractivity contribution < 1.29 is 42.3 Å². The molecule has 0 unspecified atom stereocenters. The average molecular weight is 728 g/mol. The predicted molar refractivity (Wildman–Crippen MR) is 183 cm³/mol. The highest BCUT2D eigenvalue weighted by molar-refractivity contribution is 6.35. The Bertz CT molecular complexity index is 1850. The van der Waals surface area contributed by atoms with Gasteiger partial charge in [0.05, 0.1) is 32.0 Å². The molecule has 0 saturated carbocycles. The van der Waals surface area contributed by atoms with Crippen LogP contribution in [0.5, 0.6) is 11.5 Å². The van der Waals surface area contributed by atoms with Crippen LogP contribution in [-0.2, 0) is 22.4 Å². The second kappa shape index (κ2) is 15.6. The number of hydrogen-bond donors (Lipinski definition) is 0. The van der Waals surface area contributed by atoms with Gasteiger partial charge in [0.1, 0.15) is 33.9 Å². The lowest BCUT2D eigenvalue weighted by atomic mass is 9.86. The number of fused-ring (bicyclic) bond motifs is 3. The van der Waals surface area contributed by atoms with Crippen LogP contribution in [0.15, 0.2) is 73.1 Å². The molecule has 0 aliphatic carbocycles. The third-order valence-electron chi connectivity index (χ3n) is 9.24. The van der Waals surface area contributed by atoms with Crippen LogP contribution in [0.3, 0.4) is 0 Å². The number of rotatable bonds is 11. The van der Waals surface area contributed by atoms with Crippen LogP contribution >= 0.6 is 23.2 Å². The minimum Gasteiger partial charge on any atom is -0.493 e. The summed E-state index contributed by atoms with van der Waals surface area (Å²) < 4.78 is 53.4. The number of H-pyrrole nitrogens is 1. The van der Waals surface area contributed by atoms with Gasteiger partial charge in [-0.05, 0) is 73.8 Å². The van der Waals surface area contributed by atoms with Gasteiger partial charge >= 0.3 is 12.1 Å². The Morgan fingerprint density at radius 2 is 1.66 bits per heavy atom. The van der Waals surface area contributed by atoms with Crippen LogP contribution in [-0.4, -0.2) is 56.9 Å². The van der Waals surface area contributed by atoms with Crippen molar-refractivity contribution in [3.05, 3.63) is 117 Å². The molecule has 0 spiro atoms. The number of halogens is 4. The van der Waals surface area contributed by atoms with E-state index in [9.17, 15) is 9.59 Å². The first-order chi connectivity index (χ1) is 24.1. The van der Waals surface area contributed by atoms with Crippen molar-refractivity contribution in [1.82, 2.24) is 4.90 Å². The summed E-state index contributed by atoms with van der Waals surface area (Å²) in [7, 11) is 2.99. The highest BCUT2D eigenvalue weighted by Gasteiger charge is 2.38. The second-order valence-corrected chi connectivity index (χ2v) is 13.1. The molecule has 0 radical (unpaired) electrons. The molecule has 1 amide bonds. The number of nitrogens with one attached hydrogen (secondary N) is 1. The van der Waals surface area contributed by atoms with E-state index in [-0.39, 0.29) is 41.8 Å². The second-order valence-electron chi connectivity index (χ2n) is 12.2. The van der Waals surface area contributed by atoms with Crippen LogP contribution in [0.2, 0.25) is 10.0 Å². The molecule has 50 heavy (non-hydrogen) atoms. The van der Waals surface area contributed by atoms with Crippen molar-refractivity contribution in [2.45, 2.75) is 38.0 Å². The summed E-state index contributed by atoms with van der Waals surface area (Å²) in [5, 5.41) is 0.668. The number of hydrogen-bond acceptors (Lipinski definition) is 7. The number of methoxy groups -OCH3 is 2. The molecule has 262 valence electrons. The Hall–Kier alpha value is -4.45. The fourth-order valence-electron chi connectivity index (χ4n) is 6.46. The monoisotopic (exact) mass is 726 g/mol. The van der Waals surface area contributed by atoms with Gasteiger partial charge in [-0.25, -0.2) is 23.4 Å². The number of piperidine rings is 3. The zero-order valence-electron chi connectivity index (χ0n) is 27.5. The molecular formula is C37H36Cl2F2N3O6+. The molecule has 4 heterocycles. The minimum atomic E-state index is -0.917. The number of benzene rings is 3. The molecule has 3 aromatic carbocycles. The van der Waals surface area contributed by atoms with E-state index < -0.39 is 29.8 Å². The maximum atomic E-state index is 15.8. The SMILES string of the molecule is COc1ccc([C@H](Cc2c(Cl)c[nH+]cc2Cl)OC(=O)c2ccc(CN(C(=O)O[C@H]3CN4CCC3CC4)c3ccccc3F)c(F)c2)cc1OC. The number of esters is 1. The van der Waals surface area contributed by atoms with Gasteiger partial charge in [-0.2, -0.15) is 0 Å². The van der Waals surface area contributed by atoms with Gasteiger partial charge in [0.15, 0.2) is 23.9 Å². The van der Waals surface area contributed by atoms with Gasteiger partial charge in [-0.1, -0.05) is 47.5 Å². The Kier molecular flexibility index (Phi) is 11.1. The Morgan fingerprint density at radius 3 is 2.30 bits per heavy atom. The number of nitrogens with zero attached hydrogens (tertiary/aromatic N) is 2. The molecule has 9 nitrogen and oxygen atoms in total. The topological polar surface area (TPSA) is 91.7 Å². The summed E-state index contributed by atoms with van der Waals surface area (Å²) >= 11 is 12.9. The fraction of sp³-hybridized carbons (Fsp3) is 0.324. The molecule has 2 atom stereocenters. The molecule has 4 aromatic rings. The number of aromatic nitrogens is 1. The molecule has 2 bridgehead atoms. The van der Waals surface area contributed by atoms with Crippen molar-refractivity contribution in [3.63, 3.8) is 0 Å². The van der Waals surface area contributed by atoms with E-state index >= 15 is 8.78 Å². The van der Waals surface area contributed by atoms with E-state index in [1.54, 1.807) is 36.7 Å². The van der Waals surface area contributed by atoms with E-state index in [1.165, 1.54) is 44.6 Å². The molecule has 3 aliphatic heterocycles. The van der Waals surface area contributed by atoms with Crippen molar-refractivity contribution in [2.75, 3.05) is 38.8 Å². The Labute approximate surface area is 298 Å². The highest BCUT2D eigenvalue weighted by atomic mass is 35.5. The zero-order valence-corrected chi connectivity index (χ0v) is 29.0. The predicted octanol–water partition coefficient (Wildman–Crippen LogP) is 7.48. The van der Waals surface area contributed by atoms with Crippen molar-refractivity contribution in [2.24, 2.45) is 5.92 Å².